The van der Waals surface area contributed by atoms with Crippen LogP contribution < -0.4 is 0 Å². The van der Waals surface area contributed by atoms with Gasteiger partial charge in [0, 0.05) is 0 Å². The zero-order chi connectivity index (χ0) is 11.0. The zero-order valence-corrected chi connectivity index (χ0v) is 8.11. The van der Waals surface area contributed by atoms with Gasteiger partial charge in [-0.1, -0.05) is 6.07 Å². The van der Waals surface area contributed by atoms with Gasteiger partial charge in [0.15, 0.2) is 0 Å². The van der Waals surface area contributed by atoms with Crippen LogP contribution >= 0.6 is 0 Å². The van der Waals surface area contributed by atoms with Crippen molar-refractivity contribution in [2.75, 3.05) is 0 Å². The van der Waals surface area contributed by atoms with Crippen LogP contribution in [0.2, 0.25) is 0 Å². The molecule has 78 valence electrons. The number of rotatable bonds is 2. The summed E-state index contributed by atoms with van der Waals surface area (Å²) in [4.78, 5) is 17.1. The summed E-state index contributed by atoms with van der Waals surface area (Å²) >= 11 is -2.24. The summed E-state index contributed by atoms with van der Waals surface area (Å²) in [5, 5.41) is 8.68. The summed E-state index contributed by atoms with van der Waals surface area (Å²) in [6, 6.07) is 4.51. The molecule has 0 amide bonds. The molecule has 1 aromatic heterocycles. The molecule has 0 aliphatic heterocycles. The summed E-state index contributed by atoms with van der Waals surface area (Å²) in [5.41, 5.74) is 0.607. The lowest BCUT2D eigenvalue weighted by atomic mass is 10.2. The van der Waals surface area contributed by atoms with Gasteiger partial charge >= 0.3 is 5.97 Å². The molecule has 0 fully saturated rings. The number of fused-ring (bicyclic) bond motifs is 1. The van der Waals surface area contributed by atoms with Crippen molar-refractivity contribution in [3.63, 3.8) is 0 Å². The van der Waals surface area contributed by atoms with Crippen LogP contribution in [-0.4, -0.2) is 29.8 Å². The molecule has 1 atom stereocenters. The summed E-state index contributed by atoms with van der Waals surface area (Å²) in [6.07, 6.45) is 0. The first-order valence-corrected chi connectivity index (χ1v) is 5.03. The quantitative estimate of drug-likeness (QED) is 0.658. The highest BCUT2D eigenvalue weighted by Gasteiger charge is 2.14. The van der Waals surface area contributed by atoms with Gasteiger partial charge < -0.3 is 10.1 Å². The highest BCUT2D eigenvalue weighted by Crippen LogP contribution is 2.17. The van der Waals surface area contributed by atoms with Gasteiger partial charge in [0.25, 0.3) is 0 Å². The fraction of sp³-hybridized carbons (Fsp3) is 0. The Kier molecular flexibility index (Phi) is 2.25. The van der Waals surface area contributed by atoms with E-state index in [0.29, 0.717) is 5.52 Å². The van der Waals surface area contributed by atoms with E-state index in [0.717, 1.165) is 0 Å². The van der Waals surface area contributed by atoms with Crippen LogP contribution in [0.5, 0.6) is 0 Å². The Labute approximate surface area is 86.2 Å². The van der Waals surface area contributed by atoms with Gasteiger partial charge in [-0.05, 0) is 12.1 Å². The van der Waals surface area contributed by atoms with Crippen molar-refractivity contribution in [2.45, 2.75) is 5.16 Å². The van der Waals surface area contributed by atoms with Gasteiger partial charge in [-0.15, -0.1) is 0 Å². The number of carboxylic acid groups (broad SMARTS) is 1. The van der Waals surface area contributed by atoms with Crippen LogP contribution in [0.1, 0.15) is 10.4 Å². The maximum atomic E-state index is 10.8. The molecule has 2 aromatic rings. The summed E-state index contributed by atoms with van der Waals surface area (Å²) in [7, 11) is 0. The Hall–Kier alpha value is -1.73. The Balaban J connectivity index is 2.75. The molecule has 15 heavy (non-hydrogen) atoms. The van der Waals surface area contributed by atoms with E-state index in [4.69, 9.17) is 9.66 Å². The number of para-hydroxylation sites is 1. The van der Waals surface area contributed by atoms with Crippen LogP contribution in [0, 0.1) is 0 Å². The standard InChI is InChI=1S/C8H6N2O4S/c11-7(12)4-2-1-3-5-6(4)10-8(9-5)15(13)14/h1-3H,(H,9,10)(H,11,12)(H,13,14). The van der Waals surface area contributed by atoms with Crippen molar-refractivity contribution in [1.82, 2.24) is 9.97 Å². The molecule has 0 saturated carbocycles. The van der Waals surface area contributed by atoms with E-state index >= 15 is 0 Å². The number of nitrogens with zero attached hydrogens (tertiary/aromatic N) is 1. The predicted octanol–water partition coefficient (Wildman–Crippen LogP) is 0.842. The second-order valence-corrected chi connectivity index (χ2v) is 3.68. The monoisotopic (exact) mass is 226 g/mol. The third-order valence-electron chi connectivity index (χ3n) is 1.89. The van der Waals surface area contributed by atoms with E-state index in [2.05, 4.69) is 9.97 Å². The smallest absolute Gasteiger partial charge is 0.337 e. The lowest BCUT2D eigenvalue weighted by molar-refractivity contribution is 0.0699. The Morgan fingerprint density at radius 2 is 2.20 bits per heavy atom. The molecule has 0 aliphatic carbocycles. The van der Waals surface area contributed by atoms with Gasteiger partial charge in [0.05, 0.1) is 11.1 Å². The van der Waals surface area contributed by atoms with E-state index in [1.165, 1.54) is 12.1 Å². The van der Waals surface area contributed by atoms with Crippen molar-refractivity contribution in [1.29, 1.82) is 0 Å². The largest absolute Gasteiger partial charge is 0.478 e. The average Bonchev–Trinajstić information content (AvgIpc) is 2.60. The van der Waals surface area contributed by atoms with Crippen molar-refractivity contribution < 1.29 is 18.7 Å². The first-order chi connectivity index (χ1) is 7.09. The number of aromatic carboxylic acids is 1. The lowest BCUT2D eigenvalue weighted by Gasteiger charge is -1.93. The van der Waals surface area contributed by atoms with Gasteiger partial charge in [-0.3, -0.25) is 4.55 Å². The molecule has 0 aliphatic rings. The van der Waals surface area contributed by atoms with E-state index in [-0.39, 0.29) is 16.2 Å². The summed E-state index contributed by atoms with van der Waals surface area (Å²) in [6.45, 7) is 0. The third kappa shape index (κ3) is 1.62. The minimum Gasteiger partial charge on any atom is -0.478 e. The lowest BCUT2D eigenvalue weighted by Crippen LogP contribution is -1.97. The molecule has 0 bridgehead atoms. The average molecular weight is 226 g/mol. The topological polar surface area (TPSA) is 103 Å². The molecule has 3 N–H and O–H groups in total. The molecule has 1 heterocycles. The van der Waals surface area contributed by atoms with Crippen LogP contribution in [0.25, 0.3) is 11.0 Å². The van der Waals surface area contributed by atoms with Crippen molar-refractivity contribution >= 4 is 28.1 Å². The van der Waals surface area contributed by atoms with E-state index in [1.54, 1.807) is 6.07 Å². The maximum absolute atomic E-state index is 10.8. The molecule has 0 spiro atoms. The van der Waals surface area contributed by atoms with Crippen LogP contribution in [0.3, 0.4) is 0 Å². The summed E-state index contributed by atoms with van der Waals surface area (Å²) < 4.78 is 19.5. The van der Waals surface area contributed by atoms with Gasteiger partial charge in [0.2, 0.25) is 16.2 Å². The SMILES string of the molecule is O=C(O)c1cccc2[nH]c(S(=O)O)nc12. The Morgan fingerprint density at radius 1 is 1.47 bits per heavy atom. The first-order valence-electron chi connectivity index (χ1n) is 3.92. The highest BCUT2D eigenvalue weighted by atomic mass is 32.2. The fourth-order valence-electron chi connectivity index (χ4n) is 1.26. The second-order valence-electron chi connectivity index (χ2n) is 2.80. The predicted molar refractivity (Wildman–Crippen MR) is 52.1 cm³/mol. The van der Waals surface area contributed by atoms with Crippen LogP contribution in [-0.2, 0) is 11.1 Å². The number of benzene rings is 1. The number of aromatic nitrogens is 2. The van der Waals surface area contributed by atoms with E-state index < -0.39 is 17.0 Å². The normalized spacial score (nSPS) is 12.9. The molecule has 1 unspecified atom stereocenters. The van der Waals surface area contributed by atoms with Crippen molar-refractivity contribution in [3.05, 3.63) is 23.8 Å². The second kappa shape index (κ2) is 3.44. The fourth-order valence-corrected chi connectivity index (χ4v) is 1.63. The zero-order valence-electron chi connectivity index (χ0n) is 7.30. The van der Waals surface area contributed by atoms with Gasteiger partial charge in [-0.2, -0.15) is 0 Å². The molecular weight excluding hydrogens is 220 g/mol. The highest BCUT2D eigenvalue weighted by molar-refractivity contribution is 7.79. The minimum absolute atomic E-state index is 0.000417. The molecule has 1 aromatic carbocycles. The third-order valence-corrected chi connectivity index (χ3v) is 2.41. The molecule has 0 saturated heterocycles. The Bertz CT molecular complexity index is 563. The van der Waals surface area contributed by atoms with E-state index in [1.807, 2.05) is 0 Å². The number of H-pyrrole nitrogens is 1. The number of hydrogen-bond acceptors (Lipinski definition) is 3. The number of nitrogens with one attached hydrogen (secondary N) is 1. The number of aromatic amines is 1. The van der Waals surface area contributed by atoms with Crippen LogP contribution in [0.4, 0.5) is 0 Å². The number of carboxylic acids is 1. The van der Waals surface area contributed by atoms with Gasteiger partial charge in [-0.25, -0.2) is 14.0 Å². The maximum Gasteiger partial charge on any atom is 0.337 e. The molecule has 6 nitrogen and oxygen atoms in total. The van der Waals surface area contributed by atoms with E-state index in [9.17, 15) is 9.00 Å². The number of carbonyl (C=O) groups is 1. The van der Waals surface area contributed by atoms with Gasteiger partial charge in [0.1, 0.15) is 5.52 Å². The first kappa shape index (κ1) is 9.81. The number of hydrogen-bond donors (Lipinski definition) is 3. The minimum atomic E-state index is -2.24. The molecular formula is C8H6N2O4S. The van der Waals surface area contributed by atoms with Crippen LogP contribution in [0.15, 0.2) is 23.4 Å². The summed E-state index contributed by atoms with van der Waals surface area (Å²) in [5.74, 6) is -1.12. The molecule has 0 radical (unpaired) electrons. The number of imidazole rings is 1. The molecule has 2 rings (SSSR count). The molecule has 7 heteroatoms. The Morgan fingerprint density at radius 3 is 2.80 bits per heavy atom. The van der Waals surface area contributed by atoms with Crippen molar-refractivity contribution in [2.24, 2.45) is 0 Å². The van der Waals surface area contributed by atoms with Crippen molar-refractivity contribution in [3.8, 4) is 0 Å².